The van der Waals surface area contributed by atoms with Gasteiger partial charge in [0, 0.05) is 17.6 Å². The van der Waals surface area contributed by atoms with E-state index in [1.807, 2.05) is 19.4 Å². The van der Waals surface area contributed by atoms with Crippen molar-refractivity contribution in [2.45, 2.75) is 27.0 Å². The van der Waals surface area contributed by atoms with Gasteiger partial charge in [-0.2, -0.15) is 0 Å². The minimum atomic E-state index is 0.361. The summed E-state index contributed by atoms with van der Waals surface area (Å²) in [6.45, 7) is 5.57. The van der Waals surface area contributed by atoms with Crippen molar-refractivity contribution >= 4 is 23.0 Å². The number of thiazole rings is 1. The lowest BCUT2D eigenvalue weighted by Crippen LogP contribution is -2.13. The zero-order valence-corrected chi connectivity index (χ0v) is 12.3. The summed E-state index contributed by atoms with van der Waals surface area (Å²) in [7, 11) is 0. The third-order valence-corrected chi connectivity index (χ3v) is 3.57. The van der Waals surface area contributed by atoms with Crippen molar-refractivity contribution in [2.24, 2.45) is 5.84 Å². The average molecular weight is 294 g/mol. The minimum Gasteiger partial charge on any atom is -0.374 e. The van der Waals surface area contributed by atoms with E-state index in [1.54, 1.807) is 17.4 Å². The van der Waals surface area contributed by atoms with Crippen LogP contribution in [0.3, 0.4) is 0 Å². The zero-order valence-electron chi connectivity index (χ0n) is 11.5. The van der Waals surface area contributed by atoms with Crippen LogP contribution in [0.2, 0.25) is 0 Å². The first-order chi connectivity index (χ1) is 9.72. The Balaban J connectivity index is 2.07. The van der Waals surface area contributed by atoms with Crippen molar-refractivity contribution < 1.29 is 4.74 Å². The van der Waals surface area contributed by atoms with Crippen LogP contribution in [0.25, 0.3) is 0 Å². The highest BCUT2D eigenvalue weighted by atomic mass is 32.1. The molecule has 2 aromatic rings. The van der Waals surface area contributed by atoms with Gasteiger partial charge in [-0.3, -0.25) is 0 Å². The predicted octanol–water partition coefficient (Wildman–Crippen LogP) is 1.68. The normalized spacial score (nSPS) is 10.6. The number of nitrogens with zero attached hydrogens (tertiary/aromatic N) is 3. The number of nitrogen functional groups attached to an aromatic ring is 1. The fourth-order valence-electron chi connectivity index (χ4n) is 1.59. The fourth-order valence-corrected chi connectivity index (χ4v) is 2.30. The van der Waals surface area contributed by atoms with Gasteiger partial charge in [-0.05, 0) is 13.8 Å². The third-order valence-electron chi connectivity index (χ3n) is 2.63. The Morgan fingerprint density at radius 1 is 1.35 bits per heavy atom. The van der Waals surface area contributed by atoms with Gasteiger partial charge in [0.2, 0.25) is 0 Å². The van der Waals surface area contributed by atoms with Crippen molar-refractivity contribution in [1.82, 2.24) is 15.0 Å². The maximum Gasteiger partial charge on any atom is 0.158 e. The van der Waals surface area contributed by atoms with Crippen molar-refractivity contribution in [3.63, 3.8) is 0 Å². The molecule has 0 bridgehead atoms. The molecular formula is C12H18N6OS. The predicted molar refractivity (Wildman–Crippen MR) is 79.3 cm³/mol. The van der Waals surface area contributed by atoms with Crippen LogP contribution in [0.1, 0.15) is 23.3 Å². The van der Waals surface area contributed by atoms with Crippen LogP contribution in [0, 0.1) is 6.92 Å². The second-order valence-corrected chi connectivity index (χ2v) is 4.99. The van der Waals surface area contributed by atoms with Crippen molar-refractivity contribution in [3.05, 3.63) is 28.0 Å². The van der Waals surface area contributed by atoms with Gasteiger partial charge < -0.3 is 15.5 Å². The number of anilines is 2. The first kappa shape index (κ1) is 14.6. The highest BCUT2D eigenvalue weighted by Crippen LogP contribution is 2.16. The van der Waals surface area contributed by atoms with Crippen LogP contribution in [0.5, 0.6) is 0 Å². The largest absolute Gasteiger partial charge is 0.374 e. The number of aromatic nitrogens is 3. The summed E-state index contributed by atoms with van der Waals surface area (Å²) in [5, 5.41) is 3.25. The molecule has 20 heavy (non-hydrogen) atoms. The molecule has 7 nitrogen and oxygen atoms in total. The topological polar surface area (TPSA) is 98.0 Å². The van der Waals surface area contributed by atoms with Gasteiger partial charge in [0.15, 0.2) is 5.82 Å². The Labute approximate surface area is 121 Å². The van der Waals surface area contributed by atoms with E-state index in [1.165, 1.54) is 4.88 Å². The van der Waals surface area contributed by atoms with E-state index in [4.69, 9.17) is 10.6 Å². The maximum atomic E-state index is 5.41. The quantitative estimate of drug-likeness (QED) is 0.528. The summed E-state index contributed by atoms with van der Waals surface area (Å²) >= 11 is 1.61. The number of hydrogen-bond acceptors (Lipinski definition) is 8. The number of ether oxygens (including phenoxy) is 1. The van der Waals surface area contributed by atoms with Crippen molar-refractivity contribution in [3.8, 4) is 0 Å². The van der Waals surface area contributed by atoms with E-state index in [9.17, 15) is 0 Å². The van der Waals surface area contributed by atoms with Crippen LogP contribution in [0.4, 0.5) is 11.6 Å². The fraction of sp³-hybridized carbons (Fsp3) is 0.417. The standard InChI is InChI=1S/C12H18N6OS/c1-3-19-6-12-16-10(4-11(17-12)18-13)14-5-9-8(2)15-7-20-9/h4,7H,3,5-6,13H2,1-2H3,(H2,14,16,17,18). The molecule has 2 aromatic heterocycles. The van der Waals surface area contributed by atoms with Crippen LogP contribution < -0.4 is 16.6 Å². The molecule has 0 unspecified atom stereocenters. The highest BCUT2D eigenvalue weighted by Gasteiger charge is 2.06. The molecule has 0 aliphatic rings. The maximum absolute atomic E-state index is 5.41. The van der Waals surface area contributed by atoms with Crippen LogP contribution in [-0.4, -0.2) is 21.6 Å². The Hall–Kier alpha value is -1.77. The first-order valence-electron chi connectivity index (χ1n) is 6.28. The number of hydrogen-bond donors (Lipinski definition) is 3. The van der Waals surface area contributed by atoms with Gasteiger partial charge in [-0.1, -0.05) is 0 Å². The number of hydrazine groups is 1. The van der Waals surface area contributed by atoms with E-state index < -0.39 is 0 Å². The van der Waals surface area contributed by atoms with Gasteiger partial charge in [-0.15, -0.1) is 11.3 Å². The molecule has 8 heteroatoms. The molecule has 0 aromatic carbocycles. The monoisotopic (exact) mass is 294 g/mol. The molecule has 0 aliphatic carbocycles. The molecule has 0 amide bonds. The molecule has 0 saturated heterocycles. The second kappa shape index (κ2) is 7.13. The Morgan fingerprint density at radius 2 is 2.15 bits per heavy atom. The van der Waals surface area contributed by atoms with Gasteiger partial charge in [-0.25, -0.2) is 20.8 Å². The number of nitrogens with two attached hydrogens (primary N) is 1. The van der Waals surface area contributed by atoms with Crippen LogP contribution >= 0.6 is 11.3 Å². The lowest BCUT2D eigenvalue weighted by atomic mass is 10.4. The molecule has 0 radical (unpaired) electrons. The summed E-state index contributed by atoms with van der Waals surface area (Å²) in [6, 6.07) is 1.76. The van der Waals surface area contributed by atoms with Gasteiger partial charge >= 0.3 is 0 Å². The second-order valence-electron chi connectivity index (χ2n) is 4.05. The lowest BCUT2D eigenvalue weighted by Gasteiger charge is -2.09. The third kappa shape index (κ3) is 3.86. The van der Waals surface area contributed by atoms with E-state index in [-0.39, 0.29) is 0 Å². The summed E-state index contributed by atoms with van der Waals surface area (Å²) in [4.78, 5) is 14.0. The lowest BCUT2D eigenvalue weighted by molar-refractivity contribution is 0.128. The van der Waals surface area contributed by atoms with Gasteiger partial charge in [0.05, 0.1) is 17.7 Å². The van der Waals surface area contributed by atoms with Gasteiger partial charge in [0.1, 0.15) is 18.2 Å². The SMILES string of the molecule is CCOCc1nc(NN)cc(NCc2scnc2C)n1. The highest BCUT2D eigenvalue weighted by molar-refractivity contribution is 7.09. The summed E-state index contributed by atoms with van der Waals surface area (Å²) in [5.74, 6) is 7.26. The number of aryl methyl sites for hydroxylation is 1. The first-order valence-corrected chi connectivity index (χ1v) is 7.16. The summed E-state index contributed by atoms with van der Waals surface area (Å²) < 4.78 is 5.31. The van der Waals surface area contributed by atoms with Gasteiger partial charge in [0.25, 0.3) is 0 Å². The minimum absolute atomic E-state index is 0.361. The Bertz CT molecular complexity index is 559. The van der Waals surface area contributed by atoms with Crippen molar-refractivity contribution in [2.75, 3.05) is 17.3 Å². The Morgan fingerprint density at radius 3 is 2.80 bits per heavy atom. The van der Waals surface area contributed by atoms with E-state index >= 15 is 0 Å². The zero-order chi connectivity index (χ0) is 14.4. The van der Waals surface area contributed by atoms with Crippen LogP contribution in [-0.2, 0) is 17.9 Å². The van der Waals surface area contributed by atoms with Crippen LogP contribution in [0.15, 0.2) is 11.6 Å². The average Bonchev–Trinajstić information content (AvgIpc) is 2.88. The molecule has 108 valence electrons. The molecule has 0 aliphatic heterocycles. The molecule has 0 atom stereocenters. The van der Waals surface area contributed by atoms with E-state index in [2.05, 4.69) is 25.7 Å². The number of nitrogens with one attached hydrogen (secondary N) is 2. The van der Waals surface area contributed by atoms with E-state index in [0.717, 1.165) is 5.69 Å². The molecule has 4 N–H and O–H groups in total. The molecule has 2 rings (SSSR count). The molecule has 0 spiro atoms. The van der Waals surface area contributed by atoms with Crippen molar-refractivity contribution in [1.29, 1.82) is 0 Å². The number of rotatable bonds is 7. The summed E-state index contributed by atoms with van der Waals surface area (Å²) in [5.41, 5.74) is 5.40. The molecule has 0 saturated carbocycles. The van der Waals surface area contributed by atoms with E-state index in [0.29, 0.717) is 37.2 Å². The molecule has 2 heterocycles. The molecule has 0 fully saturated rings. The smallest absolute Gasteiger partial charge is 0.158 e. The molecular weight excluding hydrogens is 276 g/mol. The summed E-state index contributed by atoms with van der Waals surface area (Å²) in [6.07, 6.45) is 0. The Kier molecular flexibility index (Phi) is 5.22.